The van der Waals surface area contributed by atoms with Gasteiger partial charge in [0.1, 0.15) is 30.1 Å². The average Bonchev–Trinajstić information content (AvgIpc) is 2.27. The summed E-state index contributed by atoms with van der Waals surface area (Å²) in [4.78, 5) is 0. The molecular formula is C11H10F2N2O. The maximum atomic E-state index is 13.1. The van der Waals surface area contributed by atoms with E-state index in [1.807, 2.05) is 0 Å². The van der Waals surface area contributed by atoms with Crippen molar-refractivity contribution in [1.29, 1.82) is 5.26 Å². The standard InChI is InChI=1S/C11H10F2N2O/c12-9(3-4-14)7-16-10-2-1-8(6-15)11(13)5-10/h1-3,5H,4,7,14H2/b9-3-. The van der Waals surface area contributed by atoms with Gasteiger partial charge < -0.3 is 10.5 Å². The second-order valence-corrected chi connectivity index (χ2v) is 2.93. The smallest absolute Gasteiger partial charge is 0.144 e. The molecule has 0 aliphatic carbocycles. The number of ether oxygens (including phenoxy) is 1. The predicted molar refractivity (Wildman–Crippen MR) is 54.9 cm³/mol. The van der Waals surface area contributed by atoms with Gasteiger partial charge in [-0.05, 0) is 18.2 Å². The van der Waals surface area contributed by atoms with E-state index in [-0.39, 0.29) is 24.5 Å². The molecule has 2 N–H and O–H groups in total. The van der Waals surface area contributed by atoms with E-state index >= 15 is 0 Å². The molecule has 0 aliphatic rings. The number of halogens is 2. The number of nitrogens with two attached hydrogens (primary N) is 1. The Balaban J connectivity index is 2.66. The topological polar surface area (TPSA) is 59.0 Å². The van der Waals surface area contributed by atoms with E-state index in [9.17, 15) is 8.78 Å². The minimum atomic E-state index is -0.691. The fraction of sp³-hybridized carbons (Fsp3) is 0.182. The molecule has 1 aromatic rings. The van der Waals surface area contributed by atoms with Crippen molar-refractivity contribution >= 4 is 0 Å². The van der Waals surface area contributed by atoms with E-state index in [0.717, 1.165) is 6.07 Å². The molecule has 0 saturated heterocycles. The van der Waals surface area contributed by atoms with Gasteiger partial charge in [0, 0.05) is 12.6 Å². The van der Waals surface area contributed by atoms with Crippen molar-refractivity contribution in [3.8, 4) is 11.8 Å². The summed E-state index contributed by atoms with van der Waals surface area (Å²) in [5, 5.41) is 8.48. The Morgan fingerprint density at radius 1 is 1.56 bits per heavy atom. The van der Waals surface area contributed by atoms with Crippen LogP contribution in [-0.4, -0.2) is 13.2 Å². The van der Waals surface area contributed by atoms with Crippen LogP contribution in [0.25, 0.3) is 0 Å². The number of nitrogens with zero attached hydrogens (tertiary/aromatic N) is 1. The van der Waals surface area contributed by atoms with E-state index in [1.165, 1.54) is 18.2 Å². The molecule has 0 bridgehead atoms. The number of nitriles is 1. The summed E-state index contributed by atoms with van der Waals surface area (Å²) >= 11 is 0. The number of hydrogen-bond acceptors (Lipinski definition) is 3. The van der Waals surface area contributed by atoms with Gasteiger partial charge in [0.2, 0.25) is 0 Å². The Morgan fingerprint density at radius 2 is 2.31 bits per heavy atom. The minimum Gasteiger partial charge on any atom is -0.486 e. The van der Waals surface area contributed by atoms with Crippen molar-refractivity contribution in [3.63, 3.8) is 0 Å². The Kier molecular flexibility index (Phi) is 4.42. The molecule has 1 aromatic carbocycles. The van der Waals surface area contributed by atoms with Gasteiger partial charge in [-0.15, -0.1) is 0 Å². The van der Waals surface area contributed by atoms with E-state index in [0.29, 0.717) is 0 Å². The maximum Gasteiger partial charge on any atom is 0.144 e. The summed E-state index contributed by atoms with van der Waals surface area (Å²) in [5.41, 5.74) is 5.01. The molecule has 3 nitrogen and oxygen atoms in total. The second kappa shape index (κ2) is 5.83. The van der Waals surface area contributed by atoms with Gasteiger partial charge in [-0.1, -0.05) is 0 Å². The van der Waals surface area contributed by atoms with Crippen molar-refractivity contribution in [2.45, 2.75) is 0 Å². The van der Waals surface area contributed by atoms with Crippen molar-refractivity contribution in [2.75, 3.05) is 13.2 Å². The summed E-state index contributed by atoms with van der Waals surface area (Å²) in [6, 6.07) is 5.38. The first kappa shape index (κ1) is 12.1. The van der Waals surface area contributed by atoms with Gasteiger partial charge in [0.25, 0.3) is 0 Å². The SMILES string of the molecule is N#Cc1ccc(OC/C(F)=C/CN)cc1F. The zero-order valence-electron chi connectivity index (χ0n) is 8.41. The van der Waals surface area contributed by atoms with Crippen molar-refractivity contribution in [3.05, 3.63) is 41.5 Å². The molecule has 0 spiro atoms. The summed E-state index contributed by atoms with van der Waals surface area (Å²) in [6.45, 7) is -0.223. The number of benzene rings is 1. The first-order valence-corrected chi connectivity index (χ1v) is 4.54. The van der Waals surface area contributed by atoms with Crippen molar-refractivity contribution in [2.24, 2.45) is 5.73 Å². The first-order valence-electron chi connectivity index (χ1n) is 4.54. The third-order valence-electron chi connectivity index (χ3n) is 1.78. The molecule has 5 heteroatoms. The summed E-state index contributed by atoms with van der Waals surface area (Å²) in [5.74, 6) is -1.05. The Morgan fingerprint density at radius 3 is 2.88 bits per heavy atom. The number of rotatable bonds is 4. The first-order chi connectivity index (χ1) is 7.67. The Hall–Kier alpha value is -1.93. The summed E-state index contributed by atoms with van der Waals surface area (Å²) in [7, 11) is 0. The molecule has 0 fully saturated rings. The molecular weight excluding hydrogens is 214 g/mol. The van der Waals surface area contributed by atoms with E-state index < -0.39 is 11.6 Å². The predicted octanol–water partition coefficient (Wildman–Crippen LogP) is 1.89. The van der Waals surface area contributed by atoms with Crippen LogP contribution in [0.15, 0.2) is 30.1 Å². The Labute approximate surface area is 91.7 Å². The minimum absolute atomic E-state index is 0.0784. The van der Waals surface area contributed by atoms with Crippen LogP contribution in [0.4, 0.5) is 8.78 Å². The quantitative estimate of drug-likeness (QED) is 0.849. The van der Waals surface area contributed by atoms with Crippen LogP contribution in [-0.2, 0) is 0 Å². The van der Waals surface area contributed by atoms with Crippen LogP contribution in [0.2, 0.25) is 0 Å². The third kappa shape index (κ3) is 3.33. The zero-order valence-corrected chi connectivity index (χ0v) is 8.41. The fourth-order valence-electron chi connectivity index (χ4n) is 1.02. The van der Waals surface area contributed by atoms with Crippen molar-refractivity contribution < 1.29 is 13.5 Å². The van der Waals surface area contributed by atoms with Crippen molar-refractivity contribution in [1.82, 2.24) is 0 Å². The highest BCUT2D eigenvalue weighted by atomic mass is 19.1. The summed E-state index contributed by atoms with van der Waals surface area (Å²) in [6.07, 6.45) is 1.17. The molecule has 0 saturated carbocycles. The average molecular weight is 224 g/mol. The molecule has 0 atom stereocenters. The van der Waals surface area contributed by atoms with E-state index in [1.54, 1.807) is 6.07 Å². The molecule has 84 valence electrons. The third-order valence-corrected chi connectivity index (χ3v) is 1.78. The molecule has 0 heterocycles. The van der Waals surface area contributed by atoms with Crippen LogP contribution < -0.4 is 10.5 Å². The van der Waals surface area contributed by atoms with Gasteiger partial charge in [-0.2, -0.15) is 5.26 Å². The largest absolute Gasteiger partial charge is 0.486 e. The van der Waals surface area contributed by atoms with Crippen LogP contribution in [0, 0.1) is 17.1 Å². The van der Waals surface area contributed by atoms with Gasteiger partial charge in [-0.3, -0.25) is 0 Å². The summed E-state index contributed by atoms with van der Waals surface area (Å²) < 4.78 is 30.9. The lowest BCUT2D eigenvalue weighted by atomic mass is 10.2. The molecule has 16 heavy (non-hydrogen) atoms. The zero-order chi connectivity index (χ0) is 12.0. The van der Waals surface area contributed by atoms with Crippen LogP contribution in [0.5, 0.6) is 5.75 Å². The molecule has 1 rings (SSSR count). The highest BCUT2D eigenvalue weighted by Crippen LogP contribution is 2.16. The Bertz CT molecular complexity index is 438. The molecule has 0 aliphatic heterocycles. The lowest BCUT2D eigenvalue weighted by molar-refractivity contribution is 0.316. The molecule has 0 amide bonds. The van der Waals surface area contributed by atoms with Crippen LogP contribution in [0.1, 0.15) is 5.56 Å². The van der Waals surface area contributed by atoms with Crippen LogP contribution >= 0.6 is 0 Å². The maximum absolute atomic E-state index is 13.1. The highest BCUT2D eigenvalue weighted by Gasteiger charge is 2.04. The van der Waals surface area contributed by atoms with Gasteiger partial charge in [-0.25, -0.2) is 8.78 Å². The van der Waals surface area contributed by atoms with Gasteiger partial charge in [0.05, 0.1) is 5.56 Å². The monoisotopic (exact) mass is 224 g/mol. The van der Waals surface area contributed by atoms with E-state index in [2.05, 4.69) is 0 Å². The number of hydrogen-bond donors (Lipinski definition) is 1. The lowest BCUT2D eigenvalue weighted by Crippen LogP contribution is -2.02. The molecule has 0 aromatic heterocycles. The highest BCUT2D eigenvalue weighted by molar-refractivity contribution is 5.36. The second-order valence-electron chi connectivity index (χ2n) is 2.93. The normalized spacial score (nSPS) is 11.0. The van der Waals surface area contributed by atoms with Crippen LogP contribution in [0.3, 0.4) is 0 Å². The van der Waals surface area contributed by atoms with Gasteiger partial charge in [0.15, 0.2) is 0 Å². The fourth-order valence-corrected chi connectivity index (χ4v) is 1.02. The van der Waals surface area contributed by atoms with Gasteiger partial charge >= 0.3 is 0 Å². The molecule has 0 radical (unpaired) electrons. The molecule has 0 unspecified atom stereocenters. The lowest BCUT2D eigenvalue weighted by Gasteiger charge is -2.04. The van der Waals surface area contributed by atoms with E-state index in [4.69, 9.17) is 15.7 Å².